The van der Waals surface area contributed by atoms with Gasteiger partial charge in [0.25, 0.3) is 5.91 Å². The lowest BCUT2D eigenvalue weighted by Crippen LogP contribution is -2.28. The molecule has 30 heavy (non-hydrogen) atoms. The molecule has 2 amide bonds. The summed E-state index contributed by atoms with van der Waals surface area (Å²) in [6.45, 7) is 0.423. The molecule has 4 rings (SSSR count). The Morgan fingerprint density at radius 3 is 2.80 bits per heavy atom. The molecule has 0 radical (unpaired) electrons. The minimum absolute atomic E-state index is 0.0579. The third kappa shape index (κ3) is 4.47. The van der Waals surface area contributed by atoms with Gasteiger partial charge in [-0.1, -0.05) is 23.7 Å². The van der Waals surface area contributed by atoms with E-state index in [-0.39, 0.29) is 17.7 Å². The van der Waals surface area contributed by atoms with Crippen LogP contribution in [0, 0.1) is 0 Å². The summed E-state index contributed by atoms with van der Waals surface area (Å²) in [5.41, 5.74) is 2.23. The third-order valence-corrected chi connectivity index (χ3v) is 6.26. The number of hydrogen-bond acceptors (Lipinski definition) is 5. The van der Waals surface area contributed by atoms with Crippen LogP contribution in [0.3, 0.4) is 0 Å². The molecule has 8 heteroatoms. The van der Waals surface area contributed by atoms with Crippen LogP contribution in [-0.2, 0) is 17.8 Å². The highest BCUT2D eigenvalue weighted by atomic mass is 35.5. The lowest BCUT2D eigenvalue weighted by Gasteiger charge is -2.11. The zero-order valence-electron chi connectivity index (χ0n) is 16.3. The number of hydrogen-bond donors (Lipinski definition) is 2. The SMILES string of the molecule is COc1cccc(CNC(=O)C2CCc3sc(NC(=O)c4ccc(Cl)cc4)nc32)c1. The van der Waals surface area contributed by atoms with Crippen LogP contribution >= 0.6 is 22.9 Å². The lowest BCUT2D eigenvalue weighted by atomic mass is 10.1. The molecule has 0 fully saturated rings. The Bertz CT molecular complexity index is 1080. The number of aromatic nitrogens is 1. The highest BCUT2D eigenvalue weighted by molar-refractivity contribution is 7.16. The van der Waals surface area contributed by atoms with Crippen molar-refractivity contribution in [3.05, 3.63) is 75.3 Å². The summed E-state index contributed by atoms with van der Waals surface area (Å²) in [4.78, 5) is 30.7. The molecule has 6 nitrogen and oxygen atoms in total. The van der Waals surface area contributed by atoms with Gasteiger partial charge in [0.2, 0.25) is 5.91 Å². The van der Waals surface area contributed by atoms with Gasteiger partial charge < -0.3 is 10.1 Å². The molecule has 0 spiro atoms. The number of carbonyl (C=O) groups is 2. The molecule has 1 atom stereocenters. The first-order chi connectivity index (χ1) is 14.5. The molecule has 154 valence electrons. The van der Waals surface area contributed by atoms with Crippen LogP contribution in [0.4, 0.5) is 5.13 Å². The van der Waals surface area contributed by atoms with Gasteiger partial charge in [-0.3, -0.25) is 14.9 Å². The van der Waals surface area contributed by atoms with Crippen LogP contribution in [0.1, 0.15) is 38.8 Å². The van der Waals surface area contributed by atoms with E-state index in [2.05, 4.69) is 15.6 Å². The minimum atomic E-state index is -0.303. The van der Waals surface area contributed by atoms with Crippen molar-refractivity contribution in [2.45, 2.75) is 25.3 Å². The van der Waals surface area contributed by atoms with E-state index in [4.69, 9.17) is 16.3 Å². The summed E-state index contributed by atoms with van der Waals surface area (Å²) in [7, 11) is 1.61. The Kier molecular flexibility index (Phi) is 6.01. The number of methoxy groups -OCH3 is 1. The first kappa shape index (κ1) is 20.4. The Balaban J connectivity index is 1.40. The third-order valence-electron chi connectivity index (χ3n) is 4.96. The smallest absolute Gasteiger partial charge is 0.257 e. The molecule has 2 aromatic carbocycles. The van der Waals surface area contributed by atoms with E-state index in [0.29, 0.717) is 22.3 Å². The fourth-order valence-electron chi connectivity index (χ4n) is 3.40. The molecule has 1 heterocycles. The summed E-state index contributed by atoms with van der Waals surface area (Å²) in [6.07, 6.45) is 1.50. The molecular weight excluding hydrogens is 422 g/mol. The van der Waals surface area contributed by atoms with E-state index in [1.807, 2.05) is 24.3 Å². The predicted octanol–water partition coefficient (Wildman–Crippen LogP) is 4.40. The fraction of sp³-hybridized carbons (Fsp3) is 0.227. The number of aryl methyl sites for hydroxylation is 1. The number of thiazole rings is 1. The minimum Gasteiger partial charge on any atom is -0.497 e. The maximum Gasteiger partial charge on any atom is 0.257 e. The highest BCUT2D eigenvalue weighted by Gasteiger charge is 2.32. The first-order valence-corrected chi connectivity index (χ1v) is 10.7. The quantitative estimate of drug-likeness (QED) is 0.594. The van der Waals surface area contributed by atoms with E-state index in [0.717, 1.165) is 34.7 Å². The lowest BCUT2D eigenvalue weighted by molar-refractivity contribution is -0.122. The number of nitrogens with zero attached hydrogens (tertiary/aromatic N) is 1. The largest absolute Gasteiger partial charge is 0.497 e. The van der Waals surface area contributed by atoms with Crippen LogP contribution in [-0.4, -0.2) is 23.9 Å². The number of benzene rings is 2. The Morgan fingerprint density at radius 2 is 2.03 bits per heavy atom. The van der Waals surface area contributed by atoms with Crippen molar-refractivity contribution in [3.63, 3.8) is 0 Å². The van der Waals surface area contributed by atoms with Crippen LogP contribution in [0.15, 0.2) is 48.5 Å². The molecule has 0 bridgehead atoms. The molecule has 1 aliphatic rings. The number of amides is 2. The summed E-state index contributed by atoms with van der Waals surface area (Å²) in [5.74, 6) is 0.143. The molecular formula is C22H20ClN3O3S. The molecule has 2 N–H and O–H groups in total. The van der Waals surface area contributed by atoms with E-state index >= 15 is 0 Å². The monoisotopic (exact) mass is 441 g/mol. The second-order valence-corrected chi connectivity index (χ2v) is 8.47. The van der Waals surface area contributed by atoms with Gasteiger partial charge in [-0.25, -0.2) is 4.98 Å². The number of anilines is 1. The van der Waals surface area contributed by atoms with E-state index < -0.39 is 0 Å². The standard InChI is InChI=1S/C22H20ClN3O3S/c1-29-16-4-2-3-13(11-16)12-24-21(28)17-9-10-18-19(17)25-22(30-18)26-20(27)14-5-7-15(23)8-6-14/h2-8,11,17H,9-10,12H2,1H3,(H,24,28)(H,25,26,27). The topological polar surface area (TPSA) is 80.3 Å². The summed E-state index contributed by atoms with van der Waals surface area (Å²) in [6, 6.07) is 14.3. The molecule has 3 aromatic rings. The van der Waals surface area contributed by atoms with Crippen molar-refractivity contribution >= 4 is 39.9 Å². The number of rotatable bonds is 6. The van der Waals surface area contributed by atoms with Crippen LogP contribution in [0.2, 0.25) is 5.02 Å². The number of ether oxygens (including phenoxy) is 1. The highest BCUT2D eigenvalue weighted by Crippen LogP contribution is 2.38. The van der Waals surface area contributed by atoms with Crippen molar-refractivity contribution < 1.29 is 14.3 Å². The number of nitrogens with one attached hydrogen (secondary N) is 2. The molecule has 1 aliphatic carbocycles. The van der Waals surface area contributed by atoms with Crippen LogP contribution in [0.5, 0.6) is 5.75 Å². The van der Waals surface area contributed by atoms with Crippen molar-refractivity contribution in [2.75, 3.05) is 12.4 Å². The van der Waals surface area contributed by atoms with Crippen LogP contribution < -0.4 is 15.4 Å². The average molecular weight is 442 g/mol. The van der Waals surface area contributed by atoms with Gasteiger partial charge in [-0.2, -0.15) is 0 Å². The molecule has 0 saturated heterocycles. The van der Waals surface area contributed by atoms with Crippen molar-refractivity contribution in [1.82, 2.24) is 10.3 Å². The Hall–Kier alpha value is -2.90. The zero-order chi connectivity index (χ0) is 21.1. The zero-order valence-corrected chi connectivity index (χ0v) is 17.8. The maximum atomic E-state index is 12.7. The number of carbonyl (C=O) groups excluding carboxylic acids is 2. The predicted molar refractivity (Wildman–Crippen MR) is 117 cm³/mol. The normalized spacial score (nSPS) is 14.8. The maximum absolute atomic E-state index is 12.7. The van der Waals surface area contributed by atoms with E-state index in [1.165, 1.54) is 11.3 Å². The van der Waals surface area contributed by atoms with E-state index in [9.17, 15) is 9.59 Å². The molecule has 1 unspecified atom stereocenters. The Labute approximate surface area is 183 Å². The first-order valence-electron chi connectivity index (χ1n) is 9.50. The van der Waals surface area contributed by atoms with Crippen LogP contribution in [0.25, 0.3) is 0 Å². The van der Waals surface area contributed by atoms with Gasteiger partial charge in [-0.05, 0) is 54.8 Å². The van der Waals surface area contributed by atoms with Gasteiger partial charge in [0.15, 0.2) is 5.13 Å². The van der Waals surface area contributed by atoms with E-state index in [1.54, 1.807) is 31.4 Å². The van der Waals surface area contributed by atoms with Gasteiger partial charge in [0.05, 0.1) is 18.7 Å². The summed E-state index contributed by atoms with van der Waals surface area (Å²) in [5, 5.41) is 6.88. The second kappa shape index (κ2) is 8.85. The molecule has 0 aliphatic heterocycles. The average Bonchev–Trinajstić information content (AvgIpc) is 3.32. The Morgan fingerprint density at radius 1 is 1.23 bits per heavy atom. The van der Waals surface area contributed by atoms with Crippen molar-refractivity contribution in [3.8, 4) is 5.75 Å². The van der Waals surface area contributed by atoms with Gasteiger partial charge in [0.1, 0.15) is 5.75 Å². The second-order valence-electron chi connectivity index (χ2n) is 6.95. The summed E-state index contributed by atoms with van der Waals surface area (Å²) < 4.78 is 5.22. The van der Waals surface area contributed by atoms with Crippen molar-refractivity contribution in [1.29, 1.82) is 0 Å². The van der Waals surface area contributed by atoms with Gasteiger partial charge in [0, 0.05) is 22.0 Å². The number of halogens is 1. The summed E-state index contributed by atoms with van der Waals surface area (Å²) >= 11 is 7.29. The molecule has 0 saturated carbocycles. The van der Waals surface area contributed by atoms with Crippen molar-refractivity contribution in [2.24, 2.45) is 0 Å². The fourth-order valence-corrected chi connectivity index (χ4v) is 4.56. The molecule has 1 aromatic heterocycles. The number of fused-ring (bicyclic) bond motifs is 1. The van der Waals surface area contributed by atoms with Gasteiger partial charge in [-0.15, -0.1) is 11.3 Å². The van der Waals surface area contributed by atoms with Gasteiger partial charge >= 0.3 is 0 Å².